The summed E-state index contributed by atoms with van der Waals surface area (Å²) in [5, 5.41) is 2.84. The number of carbonyl (C=O) groups excluding carboxylic acids is 1. The molecule has 3 nitrogen and oxygen atoms in total. The molecule has 0 N–H and O–H groups in total. The van der Waals surface area contributed by atoms with Gasteiger partial charge < -0.3 is 0 Å². The highest BCUT2D eigenvalue weighted by molar-refractivity contribution is 7.12. The van der Waals surface area contributed by atoms with Gasteiger partial charge in [-0.25, -0.2) is 4.98 Å². The van der Waals surface area contributed by atoms with Crippen molar-refractivity contribution in [2.75, 3.05) is 0 Å². The monoisotopic (exact) mass is 310 g/mol. The Morgan fingerprint density at radius 3 is 2.73 bits per heavy atom. The van der Waals surface area contributed by atoms with Gasteiger partial charge in [-0.05, 0) is 30.0 Å². The van der Waals surface area contributed by atoms with E-state index < -0.39 is 0 Å². The van der Waals surface area contributed by atoms with Crippen molar-refractivity contribution in [2.45, 2.75) is 26.2 Å². The Kier molecular flexibility index (Phi) is 4.20. The molecule has 0 aliphatic rings. The van der Waals surface area contributed by atoms with Gasteiger partial charge in [-0.2, -0.15) is 0 Å². The van der Waals surface area contributed by atoms with Crippen LogP contribution in [0.5, 0.6) is 0 Å². The summed E-state index contributed by atoms with van der Waals surface area (Å²) in [6.07, 6.45) is 3.85. The molecule has 1 atom stereocenters. The normalized spacial score (nSPS) is 12.3. The third-order valence-electron chi connectivity index (χ3n) is 3.99. The number of carbonyl (C=O) groups is 1. The third kappa shape index (κ3) is 2.74. The van der Waals surface area contributed by atoms with Crippen molar-refractivity contribution in [2.24, 2.45) is 0 Å². The van der Waals surface area contributed by atoms with Crippen LogP contribution in [0.1, 0.15) is 42.2 Å². The van der Waals surface area contributed by atoms with Crippen molar-refractivity contribution in [1.29, 1.82) is 0 Å². The van der Waals surface area contributed by atoms with E-state index >= 15 is 0 Å². The summed E-state index contributed by atoms with van der Waals surface area (Å²) in [4.78, 5) is 15.7. The van der Waals surface area contributed by atoms with Crippen LogP contribution in [-0.2, 0) is 0 Å². The fraction of sp³-hybridized carbons (Fsp3) is 0.222. The summed E-state index contributed by atoms with van der Waals surface area (Å²) >= 11 is 1.54. The van der Waals surface area contributed by atoms with E-state index in [2.05, 4.69) is 43.1 Å². The minimum absolute atomic E-state index is 0.579. The van der Waals surface area contributed by atoms with Crippen LogP contribution in [0, 0.1) is 0 Å². The quantitative estimate of drug-likeness (QED) is 0.626. The standard InChI is InChI=1S/C18H18N2OS/c1-3-13(2)14-6-8-15(9-7-14)17-12-22-18(19-17)20-10-4-5-16(20)11-21/h4-13H,3H2,1-2H3. The van der Waals surface area contributed by atoms with Crippen molar-refractivity contribution in [3.05, 3.63) is 59.2 Å². The molecule has 0 fully saturated rings. The van der Waals surface area contributed by atoms with Crippen LogP contribution in [-0.4, -0.2) is 15.8 Å². The highest BCUT2D eigenvalue weighted by Gasteiger charge is 2.09. The highest BCUT2D eigenvalue weighted by Crippen LogP contribution is 2.27. The van der Waals surface area contributed by atoms with E-state index in [4.69, 9.17) is 0 Å². The minimum Gasteiger partial charge on any atom is -0.296 e. The molecule has 3 aromatic rings. The van der Waals surface area contributed by atoms with Gasteiger partial charge in [0.2, 0.25) is 0 Å². The molecule has 0 aliphatic carbocycles. The predicted molar refractivity (Wildman–Crippen MR) is 91.0 cm³/mol. The van der Waals surface area contributed by atoms with Crippen molar-refractivity contribution < 1.29 is 4.79 Å². The van der Waals surface area contributed by atoms with Gasteiger partial charge in [-0.1, -0.05) is 38.1 Å². The summed E-state index contributed by atoms with van der Waals surface area (Å²) < 4.78 is 1.81. The fourth-order valence-electron chi connectivity index (χ4n) is 2.39. The van der Waals surface area contributed by atoms with Crippen molar-refractivity contribution >= 4 is 17.6 Å². The minimum atomic E-state index is 0.579. The van der Waals surface area contributed by atoms with Gasteiger partial charge in [0.15, 0.2) is 11.4 Å². The molecule has 0 aliphatic heterocycles. The maximum Gasteiger partial charge on any atom is 0.194 e. The Balaban J connectivity index is 1.89. The number of nitrogens with zero attached hydrogens (tertiary/aromatic N) is 2. The summed E-state index contributed by atoms with van der Waals surface area (Å²) in [6.45, 7) is 4.44. The molecule has 0 bridgehead atoms. The van der Waals surface area contributed by atoms with E-state index in [9.17, 15) is 4.79 Å². The maximum atomic E-state index is 11.0. The molecule has 1 aromatic carbocycles. The molecule has 0 spiro atoms. The molecule has 4 heteroatoms. The Morgan fingerprint density at radius 1 is 1.27 bits per heavy atom. The van der Waals surface area contributed by atoms with Gasteiger partial charge in [0, 0.05) is 17.1 Å². The van der Waals surface area contributed by atoms with E-state index in [1.54, 1.807) is 6.07 Å². The molecule has 2 aromatic heterocycles. The van der Waals surface area contributed by atoms with Crippen LogP contribution in [0.25, 0.3) is 16.4 Å². The summed E-state index contributed by atoms with van der Waals surface area (Å²) in [5.74, 6) is 0.579. The number of hydrogen-bond acceptors (Lipinski definition) is 3. The first-order chi connectivity index (χ1) is 10.7. The zero-order chi connectivity index (χ0) is 15.5. The lowest BCUT2D eigenvalue weighted by molar-refractivity contribution is 0.111. The van der Waals surface area contributed by atoms with Crippen LogP contribution in [0.3, 0.4) is 0 Å². The molecule has 0 radical (unpaired) electrons. The second kappa shape index (κ2) is 6.28. The molecule has 0 saturated heterocycles. The van der Waals surface area contributed by atoms with E-state index in [0.29, 0.717) is 11.6 Å². The van der Waals surface area contributed by atoms with Crippen LogP contribution in [0.4, 0.5) is 0 Å². The molecule has 22 heavy (non-hydrogen) atoms. The Labute approximate surface area is 134 Å². The van der Waals surface area contributed by atoms with Gasteiger partial charge >= 0.3 is 0 Å². The Bertz CT molecular complexity index is 770. The number of aromatic nitrogens is 2. The molecular weight excluding hydrogens is 292 g/mol. The SMILES string of the molecule is CCC(C)c1ccc(-c2csc(-n3cccc3C=O)n2)cc1. The number of thiazole rings is 1. The summed E-state index contributed by atoms with van der Waals surface area (Å²) in [5.41, 5.74) is 4.03. The van der Waals surface area contributed by atoms with Gasteiger partial charge in [0.05, 0.1) is 11.4 Å². The smallest absolute Gasteiger partial charge is 0.194 e. The summed E-state index contributed by atoms with van der Waals surface area (Å²) in [6, 6.07) is 12.2. The second-order valence-electron chi connectivity index (χ2n) is 5.37. The number of rotatable bonds is 5. The first-order valence-corrected chi connectivity index (χ1v) is 8.29. The number of aldehydes is 1. The lowest BCUT2D eigenvalue weighted by Crippen LogP contribution is -1.96. The lowest BCUT2D eigenvalue weighted by Gasteiger charge is -2.08. The average Bonchev–Trinajstić information content (AvgIpc) is 3.22. The van der Waals surface area contributed by atoms with Gasteiger partial charge in [-0.15, -0.1) is 11.3 Å². The van der Waals surface area contributed by atoms with Gasteiger partial charge in [-0.3, -0.25) is 9.36 Å². The highest BCUT2D eigenvalue weighted by atomic mass is 32.1. The molecule has 0 saturated carbocycles. The van der Waals surface area contributed by atoms with Gasteiger partial charge in [0.1, 0.15) is 0 Å². The fourth-order valence-corrected chi connectivity index (χ4v) is 3.23. The lowest BCUT2D eigenvalue weighted by atomic mass is 9.97. The van der Waals surface area contributed by atoms with Crippen LogP contribution in [0.2, 0.25) is 0 Å². The number of hydrogen-bond donors (Lipinski definition) is 0. The molecule has 2 heterocycles. The molecular formula is C18H18N2OS. The molecule has 1 unspecified atom stereocenters. The first-order valence-electron chi connectivity index (χ1n) is 7.41. The predicted octanol–water partition coefficient (Wildman–Crippen LogP) is 4.93. The van der Waals surface area contributed by atoms with Crippen molar-refractivity contribution in [3.8, 4) is 16.4 Å². The molecule has 0 amide bonds. The zero-order valence-corrected chi connectivity index (χ0v) is 13.5. The van der Waals surface area contributed by atoms with Crippen molar-refractivity contribution in [3.63, 3.8) is 0 Å². The van der Waals surface area contributed by atoms with E-state index in [-0.39, 0.29) is 0 Å². The topological polar surface area (TPSA) is 34.9 Å². The maximum absolute atomic E-state index is 11.0. The first kappa shape index (κ1) is 14.7. The molecule has 3 rings (SSSR count). The van der Waals surface area contributed by atoms with Gasteiger partial charge in [0.25, 0.3) is 0 Å². The van der Waals surface area contributed by atoms with Crippen LogP contribution >= 0.6 is 11.3 Å². The van der Waals surface area contributed by atoms with Crippen molar-refractivity contribution in [1.82, 2.24) is 9.55 Å². The number of benzene rings is 1. The Hall–Kier alpha value is -2.20. The molecule has 112 valence electrons. The van der Waals surface area contributed by atoms with E-state index in [1.165, 1.54) is 16.9 Å². The third-order valence-corrected chi connectivity index (χ3v) is 4.83. The summed E-state index contributed by atoms with van der Waals surface area (Å²) in [7, 11) is 0. The zero-order valence-electron chi connectivity index (χ0n) is 12.7. The van der Waals surface area contributed by atoms with Crippen LogP contribution < -0.4 is 0 Å². The Morgan fingerprint density at radius 2 is 2.05 bits per heavy atom. The van der Waals surface area contributed by atoms with Crippen LogP contribution in [0.15, 0.2) is 48.0 Å². The average molecular weight is 310 g/mol. The largest absolute Gasteiger partial charge is 0.296 e. The van der Waals surface area contributed by atoms with E-state index in [0.717, 1.165) is 29.1 Å². The van der Waals surface area contributed by atoms with E-state index in [1.807, 2.05) is 22.2 Å². The second-order valence-corrected chi connectivity index (χ2v) is 6.20.